The molecule has 0 aromatic rings. The maximum atomic E-state index is 12.0. The maximum Gasteiger partial charge on any atom is 0.320 e. The van der Waals surface area contributed by atoms with Gasteiger partial charge in [0.25, 0.3) is 0 Å². The third kappa shape index (κ3) is 1.86. The van der Waals surface area contributed by atoms with Gasteiger partial charge < -0.3 is 9.80 Å². The average Bonchev–Trinajstić information content (AvgIpc) is 2.88. The van der Waals surface area contributed by atoms with E-state index in [1.165, 1.54) is 25.7 Å². The van der Waals surface area contributed by atoms with Gasteiger partial charge in [0, 0.05) is 26.2 Å². The summed E-state index contributed by atoms with van der Waals surface area (Å²) in [6.07, 6.45) is 4.80. The average molecular weight is 196 g/mol. The highest BCUT2D eigenvalue weighted by Gasteiger charge is 2.29. The molecule has 3 heteroatoms. The van der Waals surface area contributed by atoms with Crippen molar-refractivity contribution in [2.75, 3.05) is 26.2 Å². The lowest BCUT2D eigenvalue weighted by Gasteiger charge is -2.23. The lowest BCUT2D eigenvalue weighted by molar-refractivity contribution is 0.171. The number of carbonyl (C=O) groups is 1. The molecule has 0 bridgehead atoms. The van der Waals surface area contributed by atoms with Crippen molar-refractivity contribution in [1.82, 2.24) is 9.80 Å². The van der Waals surface area contributed by atoms with Crippen LogP contribution < -0.4 is 0 Å². The van der Waals surface area contributed by atoms with Gasteiger partial charge in [0.15, 0.2) is 0 Å². The third-order valence-corrected chi connectivity index (χ3v) is 3.51. The molecule has 0 aliphatic carbocycles. The number of carbonyl (C=O) groups excluding carboxylic acids is 1. The minimum Gasteiger partial charge on any atom is -0.325 e. The lowest BCUT2D eigenvalue weighted by atomic mass is 10.1. The summed E-state index contributed by atoms with van der Waals surface area (Å²) < 4.78 is 0. The molecular weight excluding hydrogens is 176 g/mol. The number of nitrogens with zero attached hydrogens (tertiary/aromatic N) is 2. The molecule has 0 radical (unpaired) electrons. The Morgan fingerprint density at radius 1 is 1.21 bits per heavy atom. The molecule has 1 atom stereocenters. The third-order valence-electron chi connectivity index (χ3n) is 3.51. The van der Waals surface area contributed by atoms with Crippen molar-refractivity contribution < 1.29 is 4.79 Å². The van der Waals surface area contributed by atoms with Crippen molar-refractivity contribution in [2.24, 2.45) is 5.92 Å². The van der Waals surface area contributed by atoms with Crippen LogP contribution in [0, 0.1) is 5.92 Å². The first-order valence-electron chi connectivity index (χ1n) is 5.85. The van der Waals surface area contributed by atoms with Crippen molar-refractivity contribution >= 4 is 6.03 Å². The number of amides is 2. The number of hydrogen-bond acceptors (Lipinski definition) is 1. The van der Waals surface area contributed by atoms with Crippen molar-refractivity contribution in [1.29, 1.82) is 0 Å². The van der Waals surface area contributed by atoms with E-state index in [1.54, 1.807) is 0 Å². The van der Waals surface area contributed by atoms with Gasteiger partial charge in [-0.25, -0.2) is 4.79 Å². The van der Waals surface area contributed by atoms with E-state index < -0.39 is 0 Å². The highest BCUT2D eigenvalue weighted by Crippen LogP contribution is 2.21. The number of urea groups is 1. The van der Waals surface area contributed by atoms with Crippen LogP contribution in [-0.2, 0) is 0 Å². The summed E-state index contributed by atoms with van der Waals surface area (Å²) in [6, 6.07) is 0.290. The van der Waals surface area contributed by atoms with Crippen LogP contribution in [0.3, 0.4) is 0 Å². The van der Waals surface area contributed by atoms with Crippen molar-refractivity contribution in [3.05, 3.63) is 0 Å². The van der Waals surface area contributed by atoms with Crippen LogP contribution in [0.15, 0.2) is 0 Å². The molecule has 3 nitrogen and oxygen atoms in total. The van der Waals surface area contributed by atoms with Gasteiger partial charge in [-0.05, 0) is 25.2 Å². The van der Waals surface area contributed by atoms with Crippen molar-refractivity contribution in [3.8, 4) is 0 Å². The second kappa shape index (κ2) is 4.20. The SMILES string of the molecule is CCC1CCN(C(=O)N2CCCC2)C1. The molecule has 0 saturated carbocycles. The Morgan fingerprint density at radius 3 is 2.50 bits per heavy atom. The second-order valence-electron chi connectivity index (χ2n) is 4.49. The van der Waals surface area contributed by atoms with E-state index in [4.69, 9.17) is 0 Å². The minimum absolute atomic E-state index is 0.290. The quantitative estimate of drug-likeness (QED) is 0.628. The van der Waals surface area contributed by atoms with E-state index in [0.29, 0.717) is 6.03 Å². The van der Waals surface area contributed by atoms with Gasteiger partial charge in [0.05, 0.1) is 0 Å². The van der Waals surface area contributed by atoms with Crippen LogP contribution >= 0.6 is 0 Å². The minimum atomic E-state index is 0.290. The van der Waals surface area contributed by atoms with E-state index in [0.717, 1.165) is 32.1 Å². The summed E-state index contributed by atoms with van der Waals surface area (Å²) in [4.78, 5) is 16.0. The van der Waals surface area contributed by atoms with Gasteiger partial charge in [-0.15, -0.1) is 0 Å². The molecular formula is C11H20N2O. The smallest absolute Gasteiger partial charge is 0.320 e. The first-order chi connectivity index (χ1) is 6.81. The molecule has 2 heterocycles. The Labute approximate surface area is 86.1 Å². The highest BCUT2D eigenvalue weighted by atomic mass is 16.2. The van der Waals surface area contributed by atoms with Crippen LogP contribution in [0.25, 0.3) is 0 Å². The normalized spacial score (nSPS) is 27.4. The van der Waals surface area contributed by atoms with Crippen LogP contribution in [0.2, 0.25) is 0 Å². The van der Waals surface area contributed by atoms with Gasteiger partial charge in [0.1, 0.15) is 0 Å². The number of rotatable bonds is 1. The molecule has 2 saturated heterocycles. The summed E-state index contributed by atoms with van der Waals surface area (Å²) in [7, 11) is 0. The fourth-order valence-corrected chi connectivity index (χ4v) is 2.45. The van der Waals surface area contributed by atoms with E-state index in [1.807, 2.05) is 9.80 Å². The number of hydrogen-bond donors (Lipinski definition) is 0. The summed E-state index contributed by atoms with van der Waals surface area (Å²) in [5.74, 6) is 0.751. The van der Waals surface area contributed by atoms with Gasteiger partial charge in [-0.3, -0.25) is 0 Å². The van der Waals surface area contributed by atoms with Gasteiger partial charge in [-0.1, -0.05) is 13.3 Å². The molecule has 0 aromatic carbocycles. The first kappa shape index (κ1) is 9.81. The van der Waals surface area contributed by atoms with Crippen molar-refractivity contribution in [2.45, 2.75) is 32.6 Å². The zero-order valence-electron chi connectivity index (χ0n) is 9.04. The second-order valence-corrected chi connectivity index (χ2v) is 4.49. The number of likely N-dealkylation sites (tertiary alicyclic amines) is 2. The van der Waals surface area contributed by atoms with Crippen LogP contribution in [0.5, 0.6) is 0 Å². The standard InChI is InChI=1S/C11H20N2O/c1-2-10-5-8-13(9-10)11(14)12-6-3-4-7-12/h10H,2-9H2,1H3. The molecule has 2 fully saturated rings. The van der Waals surface area contributed by atoms with E-state index >= 15 is 0 Å². The Morgan fingerprint density at radius 2 is 1.93 bits per heavy atom. The molecule has 0 aromatic heterocycles. The monoisotopic (exact) mass is 196 g/mol. The van der Waals surface area contributed by atoms with Crippen molar-refractivity contribution in [3.63, 3.8) is 0 Å². The Bertz CT molecular complexity index is 211. The predicted molar refractivity (Wildman–Crippen MR) is 56.2 cm³/mol. The maximum absolute atomic E-state index is 12.0. The Balaban J connectivity index is 1.86. The van der Waals surface area contributed by atoms with Gasteiger partial charge in [-0.2, -0.15) is 0 Å². The fraction of sp³-hybridized carbons (Fsp3) is 0.909. The van der Waals surface area contributed by atoms with Crippen LogP contribution in [0.4, 0.5) is 4.79 Å². The molecule has 80 valence electrons. The fourth-order valence-electron chi connectivity index (χ4n) is 2.45. The first-order valence-corrected chi connectivity index (χ1v) is 5.85. The molecule has 14 heavy (non-hydrogen) atoms. The molecule has 2 aliphatic heterocycles. The highest BCUT2D eigenvalue weighted by molar-refractivity contribution is 5.75. The molecule has 0 N–H and O–H groups in total. The van der Waals surface area contributed by atoms with Crippen LogP contribution in [0.1, 0.15) is 32.6 Å². The lowest BCUT2D eigenvalue weighted by Crippen LogP contribution is -2.40. The molecule has 2 aliphatic rings. The van der Waals surface area contributed by atoms with Crippen LogP contribution in [-0.4, -0.2) is 42.0 Å². The van der Waals surface area contributed by atoms with E-state index in [-0.39, 0.29) is 0 Å². The Hall–Kier alpha value is -0.730. The molecule has 1 unspecified atom stereocenters. The van der Waals surface area contributed by atoms with E-state index in [2.05, 4.69) is 6.92 Å². The van der Waals surface area contributed by atoms with E-state index in [9.17, 15) is 4.79 Å². The predicted octanol–water partition coefficient (Wildman–Crippen LogP) is 1.93. The topological polar surface area (TPSA) is 23.6 Å². The zero-order valence-corrected chi connectivity index (χ0v) is 9.04. The Kier molecular flexibility index (Phi) is 2.94. The zero-order chi connectivity index (χ0) is 9.97. The summed E-state index contributed by atoms with van der Waals surface area (Å²) in [6.45, 7) is 6.15. The van der Waals surface area contributed by atoms with Gasteiger partial charge in [0.2, 0.25) is 0 Å². The largest absolute Gasteiger partial charge is 0.325 e. The van der Waals surface area contributed by atoms with Gasteiger partial charge >= 0.3 is 6.03 Å². The molecule has 2 amide bonds. The summed E-state index contributed by atoms with van der Waals surface area (Å²) >= 11 is 0. The molecule has 0 spiro atoms. The molecule has 2 rings (SSSR count). The summed E-state index contributed by atoms with van der Waals surface area (Å²) in [5.41, 5.74) is 0. The summed E-state index contributed by atoms with van der Waals surface area (Å²) in [5, 5.41) is 0.